The molecular formula is C108H107N11O20S5. The summed E-state index contributed by atoms with van der Waals surface area (Å²) in [6, 6.07) is 88.6. The van der Waals surface area contributed by atoms with Gasteiger partial charge in [-0.2, -0.15) is 0 Å². The van der Waals surface area contributed by atoms with Gasteiger partial charge in [0, 0.05) is 88.4 Å². The summed E-state index contributed by atoms with van der Waals surface area (Å²) in [6.45, 7) is 10.6. The molecule has 0 aromatic heterocycles. The Morgan fingerprint density at radius 3 is 0.993 bits per heavy atom. The maximum atomic E-state index is 12.7. The van der Waals surface area contributed by atoms with Crippen molar-refractivity contribution in [1.82, 2.24) is 5.32 Å². The van der Waals surface area contributed by atoms with E-state index in [4.69, 9.17) is 71.8 Å². The zero-order chi connectivity index (χ0) is 104. The highest BCUT2D eigenvalue weighted by atomic mass is 32.2. The molecule has 4 aliphatic heterocycles. The van der Waals surface area contributed by atoms with Crippen molar-refractivity contribution in [1.29, 1.82) is 0 Å². The third kappa shape index (κ3) is 27.1. The summed E-state index contributed by atoms with van der Waals surface area (Å²) in [5.41, 5.74) is 16.3. The Morgan fingerprint density at radius 2 is 0.674 bits per heavy atom. The number of esters is 2. The molecule has 0 bridgehead atoms. The number of amidine groups is 1. The Morgan fingerprint density at radius 1 is 0.368 bits per heavy atom. The summed E-state index contributed by atoms with van der Waals surface area (Å²) in [7, 11) is 7.98. The van der Waals surface area contributed by atoms with Crippen LogP contribution < -0.4 is 40.5 Å². The minimum Gasteiger partial charge on any atom is -0.497 e. The van der Waals surface area contributed by atoms with Gasteiger partial charge in [0.25, 0.3) is 22.7 Å². The number of anilines is 1. The molecule has 0 saturated heterocycles. The van der Waals surface area contributed by atoms with Gasteiger partial charge >= 0.3 is 11.9 Å². The number of nitrogen functional groups attached to an aromatic ring is 1. The number of rotatable bonds is 31. The fourth-order valence-electron chi connectivity index (χ4n) is 16.2. The van der Waals surface area contributed by atoms with Crippen molar-refractivity contribution in [2.24, 2.45) is 25.7 Å². The lowest BCUT2D eigenvalue weighted by atomic mass is 9.83. The van der Waals surface area contributed by atoms with Crippen molar-refractivity contribution < 1.29 is 77.1 Å². The molecule has 12 aromatic carbocycles. The number of ether oxygens (including phenoxy) is 7. The van der Waals surface area contributed by atoms with Gasteiger partial charge < -0.3 is 55.0 Å². The van der Waals surface area contributed by atoms with Gasteiger partial charge in [0.2, 0.25) is 0 Å². The maximum Gasteiger partial charge on any atom is 0.312 e. The summed E-state index contributed by atoms with van der Waals surface area (Å²) in [4.78, 5) is 113. The third-order valence-electron chi connectivity index (χ3n) is 23.2. The molecule has 744 valence electrons. The molecule has 0 fully saturated rings. The first-order valence-electron chi connectivity index (χ1n) is 45.0. The summed E-state index contributed by atoms with van der Waals surface area (Å²) < 4.78 is 37.1. The second-order valence-corrected chi connectivity index (χ2v) is 39.8. The second kappa shape index (κ2) is 48.2. The van der Waals surface area contributed by atoms with E-state index in [1.54, 1.807) is 149 Å². The lowest BCUT2D eigenvalue weighted by molar-refractivity contribution is -0.385. The number of aliphatic hydroxyl groups is 1. The Balaban J connectivity index is 0.000000161. The number of aliphatic imine (C=N–C) groups is 4. The number of nitro benzene ring substituents is 4. The Bertz CT molecular complexity index is 6780. The Hall–Kier alpha value is -15.0. The number of non-ortho nitro benzene ring substituents is 4. The van der Waals surface area contributed by atoms with Gasteiger partial charge in [-0.3, -0.25) is 74.6 Å². The minimum absolute atomic E-state index is 0.00109. The average Bonchev–Trinajstić information content (AvgIpc) is 1.61. The van der Waals surface area contributed by atoms with Gasteiger partial charge in [0.05, 0.1) is 108 Å². The predicted octanol–water partition coefficient (Wildman–Crippen LogP) is 21.3. The van der Waals surface area contributed by atoms with Crippen LogP contribution in [0, 0.1) is 40.5 Å². The molecule has 144 heavy (non-hydrogen) atoms. The van der Waals surface area contributed by atoms with Gasteiger partial charge in [-0.05, 0) is 170 Å². The number of aliphatic hydroxyl groups excluding tert-OH is 1. The van der Waals surface area contributed by atoms with Crippen molar-refractivity contribution in [3.8, 4) is 28.7 Å². The molecule has 36 heteroatoms. The van der Waals surface area contributed by atoms with Gasteiger partial charge in [-0.15, -0.1) is 35.3 Å². The van der Waals surface area contributed by atoms with Crippen molar-refractivity contribution in [3.63, 3.8) is 0 Å². The van der Waals surface area contributed by atoms with Crippen LogP contribution in [-0.2, 0) is 46.8 Å². The summed E-state index contributed by atoms with van der Waals surface area (Å²) in [5, 5.41) is 61.4. The first-order valence-corrected chi connectivity index (χ1v) is 49.4. The largest absolute Gasteiger partial charge is 0.497 e. The van der Waals surface area contributed by atoms with Crippen molar-refractivity contribution in [2.75, 3.05) is 70.9 Å². The normalized spacial score (nSPS) is 17.4. The van der Waals surface area contributed by atoms with Crippen LogP contribution in [0.4, 0.5) is 28.4 Å². The van der Waals surface area contributed by atoms with E-state index in [1.807, 2.05) is 205 Å². The fraction of sp³-hybridized carbons (Fsp3) is 0.250. The number of hydrogen-bond donors (Lipinski definition) is 4. The molecule has 31 nitrogen and oxygen atoms in total. The molecule has 0 spiro atoms. The number of thioether (sulfide) groups is 4. The third-order valence-corrected chi connectivity index (χ3v) is 27.8. The van der Waals surface area contributed by atoms with E-state index in [-0.39, 0.29) is 76.9 Å². The molecule has 0 amide bonds. The average molecular weight is 2040 g/mol. The molecular weight excluding hydrogens is 1930 g/mol. The van der Waals surface area contributed by atoms with Crippen molar-refractivity contribution in [2.45, 2.75) is 106 Å². The van der Waals surface area contributed by atoms with E-state index < -0.39 is 65.2 Å². The number of Topliss-reactive ketones (excluding diaryl/α,β-unsaturated/α-hetero) is 2. The number of hydrogen-bond acceptors (Lipinski definition) is 31. The van der Waals surface area contributed by atoms with Gasteiger partial charge in [-0.25, -0.2) is 4.99 Å². The van der Waals surface area contributed by atoms with Crippen LogP contribution in [0.15, 0.2) is 323 Å². The molecule has 6 N–H and O–H groups in total. The zero-order valence-electron chi connectivity index (χ0n) is 80.7. The molecule has 12 aromatic rings. The molecule has 16 rings (SSSR count). The number of nitro groups is 4. The van der Waals surface area contributed by atoms with Crippen LogP contribution in [-0.4, -0.2) is 150 Å². The number of nitrogens with zero attached hydrogens (tertiary/aromatic N) is 8. The number of methoxy groups -OCH3 is 5. The van der Waals surface area contributed by atoms with E-state index in [9.17, 15) is 64.7 Å². The van der Waals surface area contributed by atoms with Gasteiger partial charge in [-0.1, -0.05) is 206 Å². The molecule has 5 unspecified atom stereocenters. The van der Waals surface area contributed by atoms with Gasteiger partial charge in [0.1, 0.15) is 67.6 Å². The lowest BCUT2D eigenvalue weighted by Gasteiger charge is -2.35. The first-order chi connectivity index (χ1) is 68.8. The monoisotopic (exact) mass is 2040 g/mol. The van der Waals surface area contributed by atoms with E-state index in [1.165, 1.54) is 72.7 Å². The Labute approximate surface area is 855 Å². The number of nitrogens with one attached hydrogen (secondary N) is 1. The highest BCUT2D eigenvalue weighted by Gasteiger charge is 2.46. The van der Waals surface area contributed by atoms with E-state index in [2.05, 4.69) is 10.3 Å². The molecule has 4 aliphatic rings. The van der Waals surface area contributed by atoms with Crippen LogP contribution >= 0.6 is 59.3 Å². The van der Waals surface area contributed by atoms with Crippen LogP contribution in [0.1, 0.15) is 144 Å². The van der Waals surface area contributed by atoms with Crippen LogP contribution in [0.5, 0.6) is 28.7 Å². The molecule has 0 saturated carbocycles. The van der Waals surface area contributed by atoms with Gasteiger partial charge in [0.15, 0.2) is 16.7 Å². The zero-order valence-corrected chi connectivity index (χ0v) is 84.8. The van der Waals surface area contributed by atoms with Crippen molar-refractivity contribution in [3.05, 3.63) is 411 Å². The number of benzene rings is 12. The van der Waals surface area contributed by atoms with E-state index in [0.29, 0.717) is 84.0 Å². The lowest BCUT2D eigenvalue weighted by Crippen LogP contribution is -2.49. The Kier molecular flexibility index (Phi) is 36.1. The number of carbonyl (C=O) groups is 4. The topological polar surface area (TPSA) is 439 Å². The highest BCUT2D eigenvalue weighted by Crippen LogP contribution is 2.50. The first kappa shape index (κ1) is 108. The summed E-state index contributed by atoms with van der Waals surface area (Å²) in [5.74, 6) is 5.14. The summed E-state index contributed by atoms with van der Waals surface area (Å²) in [6.07, 6.45) is 0.352. The van der Waals surface area contributed by atoms with Crippen LogP contribution in [0.2, 0.25) is 0 Å². The number of carbonyl (C=O) groups excluding carboxylic acids is 4. The minimum atomic E-state index is -1.30. The van der Waals surface area contributed by atoms with E-state index in [0.717, 1.165) is 60.5 Å². The molecule has 4 heterocycles. The fourth-order valence-corrected chi connectivity index (χ4v) is 21.1. The standard InChI is InChI=1S/C24H22N2O5S.C24H20N2O4S.C22H24N2O5S.C22H26N2O3S.C16H15N3O3S/c1-31-21-12-10-18(11-13-21)24(16-27,19-8-5-9-20(14-19)26(29)30)25-23(32)15-22(28)17-6-3-2-4-7-17;1-30-21-12-10-18(11-13-21)24(19-8-5-9-20(14-19)26(28)29)16-31-23(25-24)15-22(27)17-6-3-2-4-7-17;1-21(2,3)29-20(25)13-19-23-22(14-30-19,15-8-10-18(28-4)11-9-15)16-6-5-7-17(12-16)24(26)27;1-21(2,3)27-20(25)13-19-24-22(14-28-19,16-6-5-7-17(23)12-16)15-8-10-18(26-4)11-9-15;1-22-14-7-5-11(6-8-14)16(10-23-15(17)18-16)12-3-2-4-13(9-12)19(20)21/h2-14,27H,15-16H2,1H3,(H,25,32);2-14H,15-16H2,1H3;5-12H,13-14H2,1-4H3;5-12H,13-14,23H2,1-4H3;2-9H,10H2,1H3,(H2,17,18). The van der Waals surface area contributed by atoms with E-state index >= 15 is 0 Å². The SMILES string of the molecule is COc1ccc(C(CO)(NC(=S)CC(=O)c2ccccc2)c2cccc([N+](=O)[O-])c2)cc1.COc1ccc(C2(c3cccc(N)c3)CSC(CC(=O)OC(C)(C)C)=N2)cc1.COc1ccc(C2(c3cccc([N+](=O)[O-])c3)CSC(CC(=O)OC(C)(C)C)=N2)cc1.COc1ccc(C2(c3cccc([N+](=O)[O-])c3)CSC(CC(=O)c3ccccc3)=N2)cc1.COc1ccc(C2(c3cccc([N+](=O)[O-])c3)CSC(N)=N2)cc1. The highest BCUT2D eigenvalue weighted by molar-refractivity contribution is 8.15. The maximum absolute atomic E-state index is 12.7. The molecule has 5 atom stereocenters. The van der Waals surface area contributed by atoms with Crippen molar-refractivity contribution >= 4 is 136 Å². The number of thiocarbonyl (C=S) groups is 1. The smallest absolute Gasteiger partial charge is 0.312 e. The number of nitrogens with two attached hydrogens (primary N) is 2. The van der Waals surface area contributed by atoms with Crippen LogP contribution in [0.3, 0.4) is 0 Å². The van der Waals surface area contributed by atoms with Crippen LogP contribution in [0.25, 0.3) is 0 Å². The number of ketones is 2. The second-order valence-electron chi connectivity index (χ2n) is 35.1. The molecule has 0 aliphatic carbocycles. The quantitative estimate of drug-likeness (QED) is 0.00783. The molecule has 0 radical (unpaired) electrons. The summed E-state index contributed by atoms with van der Waals surface area (Å²) >= 11 is 11.5. The predicted molar refractivity (Wildman–Crippen MR) is 570 cm³/mol.